The van der Waals surface area contributed by atoms with Gasteiger partial charge in [0.25, 0.3) is 0 Å². The van der Waals surface area contributed by atoms with Crippen LogP contribution in [0.2, 0.25) is 0 Å². The lowest BCUT2D eigenvalue weighted by Crippen LogP contribution is -2.64. The van der Waals surface area contributed by atoms with Gasteiger partial charge in [0.2, 0.25) is 0 Å². The number of methoxy groups -OCH3 is 1. The van der Waals surface area contributed by atoms with Gasteiger partial charge in [-0.3, -0.25) is 0 Å². The van der Waals surface area contributed by atoms with Crippen molar-refractivity contribution in [3.63, 3.8) is 0 Å². The van der Waals surface area contributed by atoms with Crippen LogP contribution in [0.15, 0.2) is 212 Å². The molecule has 0 unspecified atom stereocenters. The molecule has 2 saturated heterocycles. The van der Waals surface area contributed by atoms with Crippen molar-refractivity contribution < 1.29 is 66.5 Å². The van der Waals surface area contributed by atoms with Crippen LogP contribution in [0.3, 0.4) is 0 Å². The van der Waals surface area contributed by atoms with Crippen LogP contribution in [0.5, 0.6) is 0 Å². The molecule has 0 spiro atoms. The zero-order chi connectivity index (χ0) is 52.3. The maximum Gasteiger partial charge on any atom is 0.338 e. The van der Waals surface area contributed by atoms with Crippen molar-refractivity contribution in [1.82, 2.24) is 0 Å². The van der Waals surface area contributed by atoms with Crippen LogP contribution >= 0.6 is 0 Å². The number of esters is 3. The zero-order valence-corrected chi connectivity index (χ0v) is 41.9. The quantitative estimate of drug-likeness (QED) is 0.0441. The Hall–Kier alpha value is -7.37. The van der Waals surface area contributed by atoms with Crippen molar-refractivity contribution in [3.8, 4) is 0 Å². The summed E-state index contributed by atoms with van der Waals surface area (Å²) in [5.41, 5.74) is 4.28. The van der Waals surface area contributed by atoms with E-state index in [9.17, 15) is 14.4 Å². The summed E-state index contributed by atoms with van der Waals surface area (Å²) in [6.07, 6.45) is -11.7. The number of benzene rings is 7. The molecule has 2 heterocycles. The number of carbonyl (C=O) groups is 3. The number of ether oxygens (including phenoxy) is 11. The fourth-order valence-electron chi connectivity index (χ4n) is 8.97. The van der Waals surface area contributed by atoms with Crippen molar-refractivity contribution in [3.05, 3.63) is 251 Å². The molecule has 0 saturated carbocycles. The van der Waals surface area contributed by atoms with Crippen molar-refractivity contribution in [2.24, 2.45) is 0 Å². The summed E-state index contributed by atoms with van der Waals surface area (Å²) in [6.45, 7) is 0.495. The third-order valence-corrected chi connectivity index (χ3v) is 12.8. The smallest absolute Gasteiger partial charge is 0.338 e. The van der Waals surface area contributed by atoms with Crippen LogP contribution in [-0.4, -0.2) is 99.6 Å². The lowest BCUT2D eigenvalue weighted by atomic mass is 9.96. The highest BCUT2D eigenvalue weighted by molar-refractivity contribution is 5.91. The summed E-state index contributed by atoms with van der Waals surface area (Å²) in [6, 6.07) is 63.9. The van der Waals surface area contributed by atoms with Gasteiger partial charge in [-0.1, -0.05) is 176 Å². The van der Waals surface area contributed by atoms with E-state index in [1.54, 1.807) is 91.0 Å². The fourth-order valence-corrected chi connectivity index (χ4v) is 8.97. The maximum absolute atomic E-state index is 14.2. The second kappa shape index (κ2) is 27.4. The molecule has 76 heavy (non-hydrogen) atoms. The van der Waals surface area contributed by atoms with E-state index in [0.717, 1.165) is 22.3 Å². The first-order chi connectivity index (χ1) is 37.4. The summed E-state index contributed by atoms with van der Waals surface area (Å²) >= 11 is 0. The predicted molar refractivity (Wildman–Crippen MR) is 278 cm³/mol. The van der Waals surface area contributed by atoms with Crippen LogP contribution in [0.4, 0.5) is 0 Å². The van der Waals surface area contributed by atoms with E-state index in [2.05, 4.69) is 0 Å². The molecular formula is C62H60O14. The molecule has 10 atom stereocenters. The molecule has 7 aromatic rings. The fraction of sp³-hybridized carbons (Fsp3) is 0.274. The van der Waals surface area contributed by atoms with Crippen molar-refractivity contribution in [2.45, 2.75) is 87.8 Å². The van der Waals surface area contributed by atoms with Crippen LogP contribution in [0, 0.1) is 0 Å². The van der Waals surface area contributed by atoms with Crippen LogP contribution < -0.4 is 0 Å². The summed E-state index contributed by atoms with van der Waals surface area (Å²) < 4.78 is 72.2. The standard InChI is InChI=1S/C62H60O14/c1-66-61-57(76-60(65)49-35-21-8-22-36-49)55(75-59(64)48-33-19-7-20-34-48)53(74-58(63)47-31-17-6-18-32-47)51(72-61)42-71-62-56(70-40-46-29-15-5-16-30-46)54(69-39-45-27-13-4-14-28-45)52(68-38-44-25-11-3-12-26-44)50(73-62)41-67-37-43-23-9-2-10-24-43/h2-36,50-57,61-62H,37-42H2,1H3/t50-,51-,52-,53-,54+,55+,56-,57-,61+,62-/m1/s1. The second-order valence-electron chi connectivity index (χ2n) is 18.1. The van der Waals surface area contributed by atoms with Gasteiger partial charge in [-0.25, -0.2) is 14.4 Å². The van der Waals surface area contributed by atoms with Gasteiger partial charge in [0.05, 0.1) is 56.3 Å². The highest BCUT2D eigenvalue weighted by atomic mass is 16.8. The molecule has 2 aliphatic heterocycles. The molecule has 2 aliphatic rings. The van der Waals surface area contributed by atoms with E-state index in [0.29, 0.717) is 0 Å². The van der Waals surface area contributed by atoms with Gasteiger partial charge in [0, 0.05) is 7.11 Å². The number of carbonyl (C=O) groups excluding carboxylic acids is 3. The molecule has 0 aliphatic carbocycles. The van der Waals surface area contributed by atoms with Crippen molar-refractivity contribution >= 4 is 17.9 Å². The number of hydrogen-bond donors (Lipinski definition) is 0. The molecule has 9 rings (SSSR count). The second-order valence-corrected chi connectivity index (χ2v) is 18.1. The molecule has 0 N–H and O–H groups in total. The van der Waals surface area contributed by atoms with E-state index in [1.165, 1.54) is 7.11 Å². The van der Waals surface area contributed by atoms with E-state index in [4.69, 9.17) is 52.1 Å². The Balaban J connectivity index is 1.08. The zero-order valence-electron chi connectivity index (χ0n) is 41.9. The lowest BCUT2D eigenvalue weighted by Gasteiger charge is -2.47. The molecule has 0 aromatic heterocycles. The molecule has 392 valence electrons. The average molecular weight is 1030 g/mol. The molecule has 14 heteroatoms. The third-order valence-electron chi connectivity index (χ3n) is 12.8. The van der Waals surface area contributed by atoms with Crippen LogP contribution in [-0.2, 0) is 78.5 Å². The Bertz CT molecular complexity index is 2830. The average Bonchev–Trinajstić information content (AvgIpc) is 3.48. The molecule has 2 fully saturated rings. The lowest BCUT2D eigenvalue weighted by molar-refractivity contribution is -0.343. The number of rotatable bonds is 23. The Labute approximate surface area is 442 Å². The van der Waals surface area contributed by atoms with Crippen molar-refractivity contribution in [1.29, 1.82) is 0 Å². The third kappa shape index (κ3) is 14.5. The normalized spacial score (nSPS) is 23.2. The molecule has 0 radical (unpaired) electrons. The molecular weight excluding hydrogens is 969 g/mol. The monoisotopic (exact) mass is 1030 g/mol. The van der Waals surface area contributed by atoms with Gasteiger partial charge in [0.15, 0.2) is 30.9 Å². The summed E-state index contributed by atoms with van der Waals surface area (Å²) in [5, 5.41) is 0. The first-order valence-corrected chi connectivity index (χ1v) is 25.2. The Morgan fingerprint density at radius 2 is 0.684 bits per heavy atom. The molecule has 0 amide bonds. The number of hydrogen-bond acceptors (Lipinski definition) is 14. The topological polar surface area (TPSA) is 153 Å². The summed E-state index contributed by atoms with van der Waals surface area (Å²) in [5.74, 6) is -2.32. The minimum absolute atomic E-state index is 0.0553. The first kappa shape index (κ1) is 53.5. The molecule has 14 nitrogen and oxygen atoms in total. The highest BCUT2D eigenvalue weighted by Crippen LogP contribution is 2.35. The van der Waals surface area contributed by atoms with Crippen LogP contribution in [0.1, 0.15) is 53.3 Å². The van der Waals surface area contributed by atoms with Gasteiger partial charge in [-0.2, -0.15) is 0 Å². The SMILES string of the molecule is CO[C@H]1O[C@H](CO[C@@H]2O[C@H](COCc3ccccc3)[C@@H](OCc3ccccc3)[C@H](OCc3ccccc3)[C@H]2OCc2ccccc2)[C@@H](OC(=O)c2ccccc2)[C@H](OC(=O)c2ccccc2)[C@H]1OC(=O)c1ccccc1. The Morgan fingerprint density at radius 3 is 1.12 bits per heavy atom. The van der Waals surface area contributed by atoms with Gasteiger partial charge in [-0.15, -0.1) is 0 Å². The minimum atomic E-state index is -1.52. The Kier molecular flexibility index (Phi) is 19.3. The Morgan fingerprint density at radius 1 is 0.342 bits per heavy atom. The van der Waals surface area contributed by atoms with Gasteiger partial charge in [-0.05, 0) is 58.7 Å². The van der Waals surface area contributed by atoms with Crippen molar-refractivity contribution in [2.75, 3.05) is 20.3 Å². The highest BCUT2D eigenvalue weighted by Gasteiger charge is 2.55. The van der Waals surface area contributed by atoms with E-state index in [-0.39, 0.29) is 56.3 Å². The van der Waals surface area contributed by atoms with E-state index < -0.39 is 79.3 Å². The van der Waals surface area contributed by atoms with Crippen LogP contribution in [0.25, 0.3) is 0 Å². The van der Waals surface area contributed by atoms with E-state index in [1.807, 2.05) is 121 Å². The summed E-state index contributed by atoms with van der Waals surface area (Å²) in [7, 11) is 1.36. The van der Waals surface area contributed by atoms with E-state index >= 15 is 0 Å². The van der Waals surface area contributed by atoms with Gasteiger partial charge < -0.3 is 52.1 Å². The molecule has 0 bridgehead atoms. The first-order valence-electron chi connectivity index (χ1n) is 25.2. The largest absolute Gasteiger partial charge is 0.452 e. The maximum atomic E-state index is 14.2. The summed E-state index contributed by atoms with van der Waals surface area (Å²) in [4.78, 5) is 42.3. The minimum Gasteiger partial charge on any atom is -0.452 e. The van der Waals surface area contributed by atoms with Gasteiger partial charge >= 0.3 is 17.9 Å². The molecule has 7 aromatic carbocycles. The van der Waals surface area contributed by atoms with Gasteiger partial charge in [0.1, 0.15) is 30.5 Å². The predicted octanol–water partition coefficient (Wildman–Crippen LogP) is 9.75.